The van der Waals surface area contributed by atoms with Gasteiger partial charge in [-0.3, -0.25) is 4.79 Å². The molecule has 1 heterocycles. The van der Waals surface area contributed by atoms with E-state index in [-0.39, 0.29) is 5.91 Å². The number of imidazole rings is 1. The fourth-order valence-electron chi connectivity index (χ4n) is 2.42. The van der Waals surface area contributed by atoms with Gasteiger partial charge in [0, 0.05) is 18.3 Å². The Bertz CT molecular complexity index is 805. The summed E-state index contributed by atoms with van der Waals surface area (Å²) < 4.78 is 1.93. The van der Waals surface area contributed by atoms with Crippen LogP contribution >= 0.6 is 0 Å². The molecule has 21 heavy (non-hydrogen) atoms. The number of nitrogens with zero attached hydrogens (tertiary/aromatic N) is 2. The zero-order chi connectivity index (χ0) is 14.8. The molecule has 0 unspecified atom stereocenters. The minimum absolute atomic E-state index is 0.108. The van der Waals surface area contributed by atoms with Gasteiger partial charge in [-0.15, -0.1) is 0 Å². The Kier molecular flexibility index (Phi) is 3.44. The Labute approximate surface area is 123 Å². The summed E-state index contributed by atoms with van der Waals surface area (Å²) in [5.74, 6) is -0.108. The van der Waals surface area contributed by atoms with E-state index in [1.54, 1.807) is 6.33 Å². The highest BCUT2D eigenvalue weighted by molar-refractivity contribution is 6.06. The fourth-order valence-corrected chi connectivity index (χ4v) is 2.42. The van der Waals surface area contributed by atoms with E-state index >= 15 is 0 Å². The average Bonchev–Trinajstić information content (AvgIpc) is 2.88. The number of aromatic nitrogens is 2. The zero-order valence-corrected chi connectivity index (χ0v) is 12.1. The molecule has 106 valence electrons. The maximum Gasteiger partial charge on any atom is 0.255 e. The molecular formula is C17H17N3O. The van der Waals surface area contributed by atoms with Crippen LogP contribution in [0.15, 0.2) is 48.8 Å². The van der Waals surface area contributed by atoms with Crippen LogP contribution in [0.2, 0.25) is 0 Å². The van der Waals surface area contributed by atoms with Crippen LogP contribution in [0, 0.1) is 0 Å². The highest BCUT2D eigenvalue weighted by atomic mass is 16.1. The molecular weight excluding hydrogens is 262 g/mol. The minimum Gasteiger partial charge on any atom is -0.334 e. The second kappa shape index (κ2) is 5.40. The van der Waals surface area contributed by atoms with Gasteiger partial charge < -0.3 is 9.88 Å². The molecule has 0 bridgehead atoms. The van der Waals surface area contributed by atoms with Gasteiger partial charge in [0.2, 0.25) is 0 Å². The number of hydrogen-bond acceptors (Lipinski definition) is 2. The highest BCUT2D eigenvalue weighted by Crippen LogP contribution is 2.18. The molecule has 0 spiro atoms. The lowest BCUT2D eigenvalue weighted by atomic mass is 10.1. The van der Waals surface area contributed by atoms with Crippen LogP contribution < -0.4 is 5.32 Å². The van der Waals surface area contributed by atoms with E-state index in [0.717, 1.165) is 28.7 Å². The maximum absolute atomic E-state index is 12.4. The second-order valence-corrected chi connectivity index (χ2v) is 5.02. The van der Waals surface area contributed by atoms with Gasteiger partial charge in [-0.2, -0.15) is 0 Å². The number of amides is 1. The Hall–Kier alpha value is -2.62. The first-order valence-electron chi connectivity index (χ1n) is 6.99. The van der Waals surface area contributed by atoms with Gasteiger partial charge in [0.05, 0.1) is 17.4 Å². The number of rotatable bonds is 3. The summed E-state index contributed by atoms with van der Waals surface area (Å²) >= 11 is 0. The highest BCUT2D eigenvalue weighted by Gasteiger charge is 2.10. The third-order valence-electron chi connectivity index (χ3n) is 3.63. The third-order valence-corrected chi connectivity index (χ3v) is 3.63. The van der Waals surface area contributed by atoms with Crippen molar-refractivity contribution in [1.29, 1.82) is 0 Å². The van der Waals surface area contributed by atoms with Crippen LogP contribution in [0.4, 0.5) is 5.69 Å². The number of fused-ring (bicyclic) bond motifs is 1. The number of aryl methyl sites for hydroxylation is 2. The van der Waals surface area contributed by atoms with E-state index in [0.29, 0.717) is 5.56 Å². The molecule has 0 aliphatic carbocycles. The van der Waals surface area contributed by atoms with E-state index in [2.05, 4.69) is 17.2 Å². The fraction of sp³-hybridized carbons (Fsp3) is 0.176. The molecule has 0 saturated heterocycles. The van der Waals surface area contributed by atoms with Gasteiger partial charge in [0.1, 0.15) is 0 Å². The molecule has 0 aliphatic heterocycles. The molecule has 0 aliphatic rings. The lowest BCUT2D eigenvalue weighted by molar-refractivity contribution is 0.102. The SMILES string of the molecule is CCc1ccccc1NC(=O)c1ccc2c(c1)ncn2C. The summed E-state index contributed by atoms with van der Waals surface area (Å²) in [6.45, 7) is 2.07. The standard InChI is InChI=1S/C17H17N3O/c1-3-12-6-4-5-7-14(12)19-17(21)13-8-9-16-15(10-13)18-11-20(16)2/h4-11H,3H2,1-2H3,(H,19,21). The molecule has 0 fully saturated rings. The quantitative estimate of drug-likeness (QED) is 0.799. The molecule has 0 saturated carbocycles. The normalized spacial score (nSPS) is 10.8. The number of anilines is 1. The summed E-state index contributed by atoms with van der Waals surface area (Å²) in [5, 5.41) is 2.98. The summed E-state index contributed by atoms with van der Waals surface area (Å²) in [7, 11) is 1.94. The predicted molar refractivity (Wildman–Crippen MR) is 84.5 cm³/mol. The van der Waals surface area contributed by atoms with Crippen molar-refractivity contribution in [1.82, 2.24) is 9.55 Å². The van der Waals surface area contributed by atoms with Crippen LogP contribution in [0.3, 0.4) is 0 Å². The van der Waals surface area contributed by atoms with Crippen molar-refractivity contribution in [3.05, 3.63) is 59.9 Å². The van der Waals surface area contributed by atoms with E-state index in [9.17, 15) is 4.79 Å². The van der Waals surface area contributed by atoms with Crippen LogP contribution in [-0.4, -0.2) is 15.5 Å². The lowest BCUT2D eigenvalue weighted by Gasteiger charge is -2.09. The monoisotopic (exact) mass is 279 g/mol. The minimum atomic E-state index is -0.108. The Morgan fingerprint density at radius 2 is 2.05 bits per heavy atom. The van der Waals surface area contributed by atoms with Crippen molar-refractivity contribution >= 4 is 22.6 Å². The van der Waals surface area contributed by atoms with Crippen LogP contribution in [-0.2, 0) is 13.5 Å². The molecule has 4 nitrogen and oxygen atoms in total. The second-order valence-electron chi connectivity index (χ2n) is 5.02. The first-order chi connectivity index (χ1) is 10.2. The smallest absolute Gasteiger partial charge is 0.255 e. The largest absolute Gasteiger partial charge is 0.334 e. The van der Waals surface area contributed by atoms with Gasteiger partial charge >= 0.3 is 0 Å². The molecule has 0 radical (unpaired) electrons. The van der Waals surface area contributed by atoms with Gasteiger partial charge in [-0.05, 0) is 36.2 Å². The van der Waals surface area contributed by atoms with Gasteiger partial charge in [-0.1, -0.05) is 25.1 Å². The number of benzene rings is 2. The van der Waals surface area contributed by atoms with Crippen molar-refractivity contribution in [2.45, 2.75) is 13.3 Å². The Morgan fingerprint density at radius 1 is 1.24 bits per heavy atom. The number of carbonyl (C=O) groups excluding carboxylic acids is 1. The molecule has 1 N–H and O–H groups in total. The Morgan fingerprint density at radius 3 is 2.86 bits per heavy atom. The zero-order valence-electron chi connectivity index (χ0n) is 12.1. The first-order valence-corrected chi connectivity index (χ1v) is 6.99. The number of carbonyl (C=O) groups is 1. The molecule has 1 amide bonds. The molecule has 2 aromatic carbocycles. The lowest BCUT2D eigenvalue weighted by Crippen LogP contribution is -2.13. The summed E-state index contributed by atoms with van der Waals surface area (Å²) in [6.07, 6.45) is 2.63. The van der Waals surface area contributed by atoms with Crippen molar-refractivity contribution in [3.8, 4) is 0 Å². The van der Waals surface area contributed by atoms with Crippen LogP contribution in [0.25, 0.3) is 11.0 Å². The van der Waals surface area contributed by atoms with Crippen LogP contribution in [0.1, 0.15) is 22.8 Å². The summed E-state index contributed by atoms with van der Waals surface area (Å²) in [4.78, 5) is 16.7. The molecule has 1 aromatic heterocycles. The third kappa shape index (κ3) is 2.52. The number of nitrogens with one attached hydrogen (secondary N) is 1. The maximum atomic E-state index is 12.4. The van der Waals surface area contributed by atoms with Crippen molar-refractivity contribution in [3.63, 3.8) is 0 Å². The summed E-state index contributed by atoms with van der Waals surface area (Å²) in [5.41, 5.74) is 4.46. The first kappa shape index (κ1) is 13.4. The van der Waals surface area contributed by atoms with Crippen molar-refractivity contribution < 1.29 is 4.79 Å². The van der Waals surface area contributed by atoms with Crippen LogP contribution in [0.5, 0.6) is 0 Å². The molecule has 3 rings (SSSR count). The van der Waals surface area contributed by atoms with E-state index in [1.807, 2.05) is 54.1 Å². The van der Waals surface area contributed by atoms with Crippen molar-refractivity contribution in [2.24, 2.45) is 7.05 Å². The van der Waals surface area contributed by atoms with E-state index in [1.165, 1.54) is 0 Å². The topological polar surface area (TPSA) is 46.9 Å². The predicted octanol–water partition coefficient (Wildman–Crippen LogP) is 3.39. The molecule has 0 atom stereocenters. The number of hydrogen-bond donors (Lipinski definition) is 1. The van der Waals surface area contributed by atoms with Gasteiger partial charge in [0.15, 0.2) is 0 Å². The van der Waals surface area contributed by atoms with E-state index < -0.39 is 0 Å². The average molecular weight is 279 g/mol. The molecule has 3 aromatic rings. The number of para-hydroxylation sites is 1. The van der Waals surface area contributed by atoms with E-state index in [4.69, 9.17) is 0 Å². The molecule has 4 heteroatoms. The summed E-state index contributed by atoms with van der Waals surface area (Å²) in [6, 6.07) is 13.4. The Balaban J connectivity index is 1.90. The van der Waals surface area contributed by atoms with Gasteiger partial charge in [0.25, 0.3) is 5.91 Å². The van der Waals surface area contributed by atoms with Crippen molar-refractivity contribution in [2.75, 3.05) is 5.32 Å². The van der Waals surface area contributed by atoms with Gasteiger partial charge in [-0.25, -0.2) is 4.98 Å².